The maximum atomic E-state index is 14.4. The zero-order valence-corrected chi connectivity index (χ0v) is 20.5. The highest BCUT2D eigenvalue weighted by atomic mass is 35.5. The van der Waals surface area contributed by atoms with Crippen molar-refractivity contribution in [3.8, 4) is 16.9 Å². The molecule has 1 aromatic carbocycles. The van der Waals surface area contributed by atoms with Crippen molar-refractivity contribution in [2.24, 2.45) is 0 Å². The number of aliphatic hydroxyl groups is 1. The lowest BCUT2D eigenvalue weighted by Gasteiger charge is -2.26. The van der Waals surface area contributed by atoms with Crippen LogP contribution in [0, 0.1) is 12.7 Å². The molecule has 10 heteroatoms. The summed E-state index contributed by atoms with van der Waals surface area (Å²) in [5.41, 5.74) is 3.50. The van der Waals surface area contributed by atoms with Gasteiger partial charge in [0.2, 0.25) is 0 Å². The number of hydrogen-bond donors (Lipinski definition) is 2. The normalized spacial score (nSPS) is 19.6. The Kier molecular flexibility index (Phi) is 6.35. The summed E-state index contributed by atoms with van der Waals surface area (Å²) in [6, 6.07) is 4.16. The topological polar surface area (TPSA) is 76.0 Å². The number of halogens is 4. The SMILES string of the molecule is [2H]c1[nH]c2ncc(-c3cnn(C4CCC(O)CC4)c3C)cc2c1[C@H](C)c1c(OC(F)F)ccc(F)c1Cl. The first-order chi connectivity index (χ1) is 17.7. The second-order valence-electron chi connectivity index (χ2n) is 9.21. The predicted molar refractivity (Wildman–Crippen MR) is 131 cm³/mol. The van der Waals surface area contributed by atoms with Crippen LogP contribution in [0.4, 0.5) is 13.2 Å². The molecule has 1 fully saturated rings. The molecule has 5 rings (SSSR count). The van der Waals surface area contributed by atoms with Crippen molar-refractivity contribution in [1.29, 1.82) is 0 Å². The van der Waals surface area contributed by atoms with Gasteiger partial charge in [-0.05, 0) is 56.4 Å². The second-order valence-corrected chi connectivity index (χ2v) is 9.59. The Morgan fingerprint density at radius 1 is 1.25 bits per heavy atom. The molecule has 0 radical (unpaired) electrons. The maximum Gasteiger partial charge on any atom is 0.387 e. The monoisotopic (exact) mass is 519 g/mol. The van der Waals surface area contributed by atoms with Gasteiger partial charge in [-0.1, -0.05) is 18.5 Å². The fourth-order valence-electron chi connectivity index (χ4n) is 5.13. The van der Waals surface area contributed by atoms with Crippen molar-refractivity contribution < 1.29 is 24.4 Å². The number of aromatic amines is 1. The van der Waals surface area contributed by atoms with E-state index in [1.807, 2.05) is 17.7 Å². The van der Waals surface area contributed by atoms with Crippen LogP contribution in [0.25, 0.3) is 22.2 Å². The summed E-state index contributed by atoms with van der Waals surface area (Å²) in [6.45, 7) is 0.521. The van der Waals surface area contributed by atoms with E-state index in [9.17, 15) is 18.3 Å². The summed E-state index contributed by atoms with van der Waals surface area (Å²) < 4.78 is 55.6. The standard InChI is InChI=1S/C26H26ClF3N4O2/c1-13(23-22(36-26(29)30)8-7-21(28)24(23)27)19-11-32-25-18(19)9-15(10-31-25)20-12-33-34(14(20)2)16-3-5-17(35)6-4-16/h7-13,16-17,26,35H,3-6H2,1-2H3,(H,31,32)/t13-,16?,17?/m0/s1/i11D. The minimum atomic E-state index is -3.12. The number of rotatable bonds is 6. The largest absolute Gasteiger partial charge is 0.434 e. The lowest BCUT2D eigenvalue weighted by atomic mass is 9.91. The molecule has 0 aliphatic heterocycles. The van der Waals surface area contributed by atoms with Crippen LogP contribution in [0.5, 0.6) is 5.75 Å². The lowest BCUT2D eigenvalue weighted by molar-refractivity contribution is -0.0505. The van der Waals surface area contributed by atoms with E-state index >= 15 is 0 Å². The number of nitrogens with one attached hydrogen (secondary N) is 1. The highest BCUT2D eigenvalue weighted by molar-refractivity contribution is 6.31. The van der Waals surface area contributed by atoms with Crippen molar-refractivity contribution in [3.05, 3.63) is 64.4 Å². The van der Waals surface area contributed by atoms with Crippen LogP contribution in [-0.2, 0) is 0 Å². The molecule has 0 amide bonds. The van der Waals surface area contributed by atoms with Gasteiger partial charge in [0.1, 0.15) is 17.2 Å². The van der Waals surface area contributed by atoms with E-state index in [2.05, 4.69) is 19.8 Å². The first-order valence-corrected chi connectivity index (χ1v) is 12.2. The summed E-state index contributed by atoms with van der Waals surface area (Å²) in [5.74, 6) is -1.78. The third kappa shape index (κ3) is 4.46. The maximum absolute atomic E-state index is 14.4. The van der Waals surface area contributed by atoms with E-state index in [4.69, 9.17) is 13.0 Å². The van der Waals surface area contributed by atoms with Crippen LogP contribution in [0.3, 0.4) is 0 Å². The first kappa shape index (κ1) is 23.4. The molecule has 190 valence electrons. The van der Waals surface area contributed by atoms with Gasteiger partial charge in [0.15, 0.2) is 0 Å². The minimum Gasteiger partial charge on any atom is -0.434 e. The van der Waals surface area contributed by atoms with Gasteiger partial charge < -0.3 is 14.8 Å². The van der Waals surface area contributed by atoms with Crippen LogP contribution in [0.1, 0.15) is 62.8 Å². The minimum absolute atomic E-state index is 0.0173. The summed E-state index contributed by atoms with van der Waals surface area (Å²) in [7, 11) is 0. The highest BCUT2D eigenvalue weighted by Crippen LogP contribution is 2.42. The molecule has 2 N–H and O–H groups in total. The van der Waals surface area contributed by atoms with Gasteiger partial charge in [0.25, 0.3) is 0 Å². The molecule has 3 heterocycles. The van der Waals surface area contributed by atoms with E-state index < -0.39 is 18.3 Å². The molecular formula is C26H26ClF3N4O2. The highest BCUT2D eigenvalue weighted by Gasteiger charge is 2.26. The van der Waals surface area contributed by atoms with Crippen molar-refractivity contribution in [2.45, 2.75) is 64.2 Å². The number of aliphatic hydroxyl groups excluding tert-OH is 1. The fraction of sp³-hybridized carbons (Fsp3) is 0.385. The van der Waals surface area contributed by atoms with Gasteiger partial charge in [-0.2, -0.15) is 13.9 Å². The summed E-state index contributed by atoms with van der Waals surface area (Å²) in [4.78, 5) is 7.41. The van der Waals surface area contributed by atoms with Gasteiger partial charge in [-0.25, -0.2) is 9.37 Å². The number of benzene rings is 1. The molecular weight excluding hydrogens is 493 g/mol. The summed E-state index contributed by atoms with van der Waals surface area (Å²) >= 11 is 6.22. The van der Waals surface area contributed by atoms with Crippen LogP contribution < -0.4 is 4.74 Å². The average molecular weight is 520 g/mol. The van der Waals surface area contributed by atoms with Gasteiger partial charge in [0.05, 0.1) is 24.7 Å². The first-order valence-electron chi connectivity index (χ1n) is 12.3. The lowest BCUT2D eigenvalue weighted by Crippen LogP contribution is -2.22. The smallest absolute Gasteiger partial charge is 0.387 e. The van der Waals surface area contributed by atoms with E-state index in [1.165, 1.54) is 0 Å². The van der Waals surface area contributed by atoms with Crippen molar-refractivity contribution in [3.63, 3.8) is 0 Å². The van der Waals surface area contributed by atoms with E-state index in [1.54, 1.807) is 19.3 Å². The molecule has 0 bridgehead atoms. The number of hydrogen-bond acceptors (Lipinski definition) is 4. The number of aromatic nitrogens is 4. The van der Waals surface area contributed by atoms with Crippen LogP contribution >= 0.6 is 11.6 Å². The number of pyridine rings is 1. The number of nitrogens with zero attached hydrogens (tertiary/aromatic N) is 3. The molecule has 0 saturated heterocycles. The second kappa shape index (κ2) is 9.78. The summed E-state index contributed by atoms with van der Waals surface area (Å²) in [6.07, 6.45) is 6.39. The fourth-order valence-corrected chi connectivity index (χ4v) is 5.45. The molecule has 36 heavy (non-hydrogen) atoms. The predicted octanol–water partition coefficient (Wildman–Crippen LogP) is 6.76. The molecule has 3 aromatic heterocycles. The van der Waals surface area contributed by atoms with Crippen molar-refractivity contribution >= 4 is 22.6 Å². The molecule has 1 aliphatic rings. The van der Waals surface area contributed by atoms with Gasteiger partial charge >= 0.3 is 6.61 Å². The molecule has 1 saturated carbocycles. The Labute approximate surface area is 212 Å². The van der Waals surface area contributed by atoms with E-state index in [0.29, 0.717) is 16.6 Å². The number of H-pyrrole nitrogens is 1. The molecule has 0 spiro atoms. The third-order valence-corrected chi connectivity index (χ3v) is 7.42. The molecule has 1 aliphatic carbocycles. The number of fused-ring (bicyclic) bond motifs is 1. The van der Waals surface area contributed by atoms with Crippen LogP contribution in [-0.4, -0.2) is 37.6 Å². The molecule has 0 unspecified atom stereocenters. The quantitative estimate of drug-likeness (QED) is 0.295. The molecule has 1 atom stereocenters. The molecule has 4 aromatic rings. The average Bonchev–Trinajstić information content (AvgIpc) is 3.40. The number of ether oxygens (including phenoxy) is 1. The van der Waals surface area contributed by atoms with E-state index in [-0.39, 0.29) is 34.7 Å². The van der Waals surface area contributed by atoms with Gasteiger partial charge in [0, 0.05) is 46.1 Å². The van der Waals surface area contributed by atoms with Crippen LogP contribution in [0.2, 0.25) is 5.02 Å². The van der Waals surface area contributed by atoms with Crippen LogP contribution in [0.15, 0.2) is 36.8 Å². The third-order valence-electron chi connectivity index (χ3n) is 7.04. The zero-order chi connectivity index (χ0) is 26.4. The number of alkyl halides is 2. The Bertz CT molecular complexity index is 1450. The summed E-state index contributed by atoms with van der Waals surface area (Å²) in [5, 5.41) is 14.7. The van der Waals surface area contributed by atoms with Crippen molar-refractivity contribution in [1.82, 2.24) is 19.7 Å². The zero-order valence-electron chi connectivity index (χ0n) is 20.7. The Balaban J connectivity index is 1.57. The Hall–Kier alpha value is -3.04. The van der Waals surface area contributed by atoms with E-state index in [0.717, 1.165) is 54.6 Å². The Morgan fingerprint density at radius 2 is 2.00 bits per heavy atom. The van der Waals surface area contributed by atoms with Crippen molar-refractivity contribution in [2.75, 3.05) is 0 Å². The Morgan fingerprint density at radius 3 is 2.72 bits per heavy atom. The molecule has 6 nitrogen and oxygen atoms in total. The van der Waals surface area contributed by atoms with Gasteiger partial charge in [-0.3, -0.25) is 4.68 Å². The van der Waals surface area contributed by atoms with Gasteiger partial charge in [-0.15, -0.1) is 0 Å².